The number of pyridine rings is 1. The molecule has 1 atom stereocenters. The Kier molecular flexibility index (Phi) is 3.83. The fraction of sp³-hybridized carbons (Fsp3) is 0.250. The van der Waals surface area contributed by atoms with E-state index >= 15 is 0 Å². The standard InChI is InChI=1S/C16H14BrNO2/c17-15-9-8-12(10-18-15)16(19)20-14-7-3-5-11-4-1-2-6-13(11)14/h1-2,4,6,8-10,14H,3,5,7H2. The first-order valence-electron chi connectivity index (χ1n) is 6.64. The van der Waals surface area contributed by atoms with E-state index in [-0.39, 0.29) is 12.1 Å². The number of esters is 1. The molecule has 2 aromatic rings. The number of aryl methyl sites for hydroxylation is 1. The van der Waals surface area contributed by atoms with Gasteiger partial charge in [0.15, 0.2) is 0 Å². The molecule has 4 heteroatoms. The van der Waals surface area contributed by atoms with Crippen LogP contribution in [0, 0.1) is 0 Å². The third-order valence-corrected chi connectivity index (χ3v) is 4.00. The number of hydrogen-bond donors (Lipinski definition) is 0. The zero-order valence-corrected chi connectivity index (χ0v) is 12.5. The van der Waals surface area contributed by atoms with Gasteiger partial charge in [0.2, 0.25) is 0 Å². The Hall–Kier alpha value is -1.68. The third kappa shape index (κ3) is 2.75. The van der Waals surface area contributed by atoms with Gasteiger partial charge in [-0.15, -0.1) is 0 Å². The number of hydrogen-bond acceptors (Lipinski definition) is 3. The van der Waals surface area contributed by atoms with Gasteiger partial charge in [0.1, 0.15) is 10.7 Å². The highest BCUT2D eigenvalue weighted by atomic mass is 79.9. The average Bonchev–Trinajstić information content (AvgIpc) is 2.48. The number of aromatic nitrogens is 1. The van der Waals surface area contributed by atoms with E-state index in [0.717, 1.165) is 24.8 Å². The number of fused-ring (bicyclic) bond motifs is 1. The number of rotatable bonds is 2. The molecule has 0 saturated carbocycles. The van der Waals surface area contributed by atoms with Crippen LogP contribution in [-0.2, 0) is 11.2 Å². The zero-order valence-electron chi connectivity index (χ0n) is 10.9. The van der Waals surface area contributed by atoms with Gasteiger partial charge in [0, 0.05) is 6.20 Å². The summed E-state index contributed by atoms with van der Waals surface area (Å²) in [4.78, 5) is 16.2. The van der Waals surface area contributed by atoms with Gasteiger partial charge in [-0.1, -0.05) is 24.3 Å². The Bertz CT molecular complexity index is 625. The van der Waals surface area contributed by atoms with Crippen molar-refractivity contribution in [1.29, 1.82) is 0 Å². The van der Waals surface area contributed by atoms with Crippen LogP contribution in [0.15, 0.2) is 47.2 Å². The number of halogens is 1. The van der Waals surface area contributed by atoms with Crippen molar-refractivity contribution < 1.29 is 9.53 Å². The van der Waals surface area contributed by atoms with E-state index in [4.69, 9.17) is 4.74 Å². The molecule has 20 heavy (non-hydrogen) atoms. The highest BCUT2D eigenvalue weighted by Crippen LogP contribution is 2.32. The molecule has 1 aliphatic carbocycles. The molecule has 0 spiro atoms. The maximum Gasteiger partial charge on any atom is 0.340 e. The number of carbonyl (C=O) groups excluding carboxylic acids is 1. The van der Waals surface area contributed by atoms with Crippen LogP contribution in [0.5, 0.6) is 0 Å². The fourth-order valence-electron chi connectivity index (χ4n) is 2.53. The monoisotopic (exact) mass is 331 g/mol. The van der Waals surface area contributed by atoms with Gasteiger partial charge in [-0.3, -0.25) is 0 Å². The molecule has 3 rings (SSSR count). The molecular formula is C16H14BrNO2. The van der Waals surface area contributed by atoms with Gasteiger partial charge in [-0.25, -0.2) is 9.78 Å². The van der Waals surface area contributed by atoms with Crippen LogP contribution in [-0.4, -0.2) is 11.0 Å². The van der Waals surface area contributed by atoms with Crippen molar-refractivity contribution in [1.82, 2.24) is 4.98 Å². The fourth-order valence-corrected chi connectivity index (χ4v) is 2.76. The number of benzene rings is 1. The summed E-state index contributed by atoms with van der Waals surface area (Å²) in [5, 5.41) is 0. The van der Waals surface area contributed by atoms with Crippen LogP contribution in [0.4, 0.5) is 0 Å². The number of ether oxygens (including phenoxy) is 1. The van der Waals surface area contributed by atoms with E-state index < -0.39 is 0 Å². The highest BCUT2D eigenvalue weighted by Gasteiger charge is 2.23. The SMILES string of the molecule is O=C(OC1CCCc2ccccc21)c1ccc(Br)nc1. The second kappa shape index (κ2) is 5.75. The van der Waals surface area contributed by atoms with Gasteiger partial charge < -0.3 is 4.74 Å². The number of nitrogens with zero attached hydrogens (tertiary/aromatic N) is 1. The van der Waals surface area contributed by atoms with Crippen LogP contribution in [0.3, 0.4) is 0 Å². The largest absolute Gasteiger partial charge is 0.454 e. The van der Waals surface area contributed by atoms with Crippen LogP contribution < -0.4 is 0 Å². The molecule has 0 amide bonds. The summed E-state index contributed by atoms with van der Waals surface area (Å²) < 4.78 is 6.36. The summed E-state index contributed by atoms with van der Waals surface area (Å²) in [6.45, 7) is 0. The molecule has 1 aromatic carbocycles. The van der Waals surface area contributed by atoms with E-state index in [2.05, 4.69) is 27.0 Å². The molecule has 1 aromatic heterocycles. The van der Waals surface area contributed by atoms with Crippen molar-refractivity contribution in [3.8, 4) is 0 Å². The van der Waals surface area contributed by atoms with Crippen LogP contribution in [0.25, 0.3) is 0 Å². The van der Waals surface area contributed by atoms with E-state index in [1.54, 1.807) is 12.1 Å². The van der Waals surface area contributed by atoms with Gasteiger partial charge in [0.25, 0.3) is 0 Å². The minimum Gasteiger partial charge on any atom is -0.454 e. The van der Waals surface area contributed by atoms with E-state index in [1.165, 1.54) is 11.8 Å². The van der Waals surface area contributed by atoms with Gasteiger partial charge in [-0.05, 0) is 58.5 Å². The smallest absolute Gasteiger partial charge is 0.340 e. The first-order chi connectivity index (χ1) is 9.74. The zero-order chi connectivity index (χ0) is 13.9. The maximum atomic E-state index is 12.2. The third-order valence-electron chi connectivity index (χ3n) is 3.53. The Balaban J connectivity index is 1.79. The molecule has 102 valence electrons. The van der Waals surface area contributed by atoms with Gasteiger partial charge in [-0.2, -0.15) is 0 Å². The first-order valence-corrected chi connectivity index (χ1v) is 7.43. The second-order valence-electron chi connectivity index (χ2n) is 4.85. The lowest BCUT2D eigenvalue weighted by Crippen LogP contribution is -2.17. The molecular weight excluding hydrogens is 318 g/mol. The molecule has 1 unspecified atom stereocenters. The highest BCUT2D eigenvalue weighted by molar-refractivity contribution is 9.10. The molecule has 1 aliphatic rings. The molecule has 0 bridgehead atoms. The Labute approximate surface area is 126 Å². The van der Waals surface area contributed by atoms with Crippen molar-refractivity contribution in [2.45, 2.75) is 25.4 Å². The van der Waals surface area contributed by atoms with E-state index in [1.807, 2.05) is 18.2 Å². The normalized spacial score (nSPS) is 17.4. The quantitative estimate of drug-likeness (QED) is 0.614. The second-order valence-corrected chi connectivity index (χ2v) is 5.67. The first kappa shape index (κ1) is 13.3. The van der Waals surface area contributed by atoms with Crippen LogP contribution in [0.1, 0.15) is 40.4 Å². The van der Waals surface area contributed by atoms with E-state index in [9.17, 15) is 4.79 Å². The Morgan fingerprint density at radius 1 is 1.25 bits per heavy atom. The summed E-state index contributed by atoms with van der Waals surface area (Å²) in [5.41, 5.74) is 2.90. The van der Waals surface area contributed by atoms with E-state index in [0.29, 0.717) is 10.2 Å². The molecule has 0 saturated heterocycles. The number of carbonyl (C=O) groups is 1. The predicted molar refractivity (Wildman–Crippen MR) is 79.5 cm³/mol. The minimum absolute atomic E-state index is 0.143. The van der Waals surface area contributed by atoms with Crippen LogP contribution in [0.2, 0.25) is 0 Å². The lowest BCUT2D eigenvalue weighted by Gasteiger charge is -2.25. The molecule has 0 fully saturated rings. The van der Waals surface area contributed by atoms with Crippen molar-refractivity contribution in [3.63, 3.8) is 0 Å². The van der Waals surface area contributed by atoms with Crippen LogP contribution >= 0.6 is 15.9 Å². The Morgan fingerprint density at radius 2 is 2.10 bits per heavy atom. The van der Waals surface area contributed by atoms with Gasteiger partial charge in [0.05, 0.1) is 5.56 Å². The Morgan fingerprint density at radius 3 is 2.90 bits per heavy atom. The van der Waals surface area contributed by atoms with Gasteiger partial charge >= 0.3 is 5.97 Å². The molecule has 0 aliphatic heterocycles. The lowest BCUT2D eigenvalue weighted by atomic mass is 9.89. The maximum absolute atomic E-state index is 12.2. The summed E-state index contributed by atoms with van der Waals surface area (Å²) in [7, 11) is 0. The van der Waals surface area contributed by atoms with Crippen molar-refractivity contribution in [2.75, 3.05) is 0 Å². The van der Waals surface area contributed by atoms with Crippen molar-refractivity contribution in [2.24, 2.45) is 0 Å². The predicted octanol–water partition coefficient (Wildman–Crippen LogP) is 4.08. The summed E-state index contributed by atoms with van der Waals surface area (Å²) in [6, 6.07) is 11.6. The lowest BCUT2D eigenvalue weighted by molar-refractivity contribution is 0.0256. The summed E-state index contributed by atoms with van der Waals surface area (Å²) in [5.74, 6) is -0.313. The molecule has 3 nitrogen and oxygen atoms in total. The molecule has 0 radical (unpaired) electrons. The molecule has 1 heterocycles. The summed E-state index contributed by atoms with van der Waals surface area (Å²) >= 11 is 3.25. The molecule has 0 N–H and O–H groups in total. The van der Waals surface area contributed by atoms with Crippen molar-refractivity contribution in [3.05, 3.63) is 63.9 Å². The summed E-state index contributed by atoms with van der Waals surface area (Å²) in [6.07, 6.45) is 4.38. The van der Waals surface area contributed by atoms with Crippen molar-refractivity contribution >= 4 is 21.9 Å². The topological polar surface area (TPSA) is 39.2 Å². The average molecular weight is 332 g/mol. The minimum atomic E-state index is -0.313.